The van der Waals surface area contributed by atoms with E-state index in [4.69, 9.17) is 52.1 Å². The maximum atomic E-state index is 11.5. The zero-order chi connectivity index (χ0) is 29.7. The lowest BCUT2D eigenvalue weighted by Gasteiger charge is -2.22. The average molecular weight is 598 g/mol. The Labute approximate surface area is 246 Å². The van der Waals surface area contributed by atoms with Crippen LogP contribution in [0.2, 0.25) is 0 Å². The molecule has 1 fully saturated rings. The third kappa shape index (κ3) is 28.8. The molecule has 1 heterocycles. The van der Waals surface area contributed by atoms with Crippen LogP contribution in [0.3, 0.4) is 0 Å². The van der Waals surface area contributed by atoms with E-state index in [1.165, 1.54) is 0 Å². The van der Waals surface area contributed by atoms with Crippen LogP contribution in [-0.2, 0) is 52.1 Å². The molecule has 1 aliphatic rings. The van der Waals surface area contributed by atoms with Gasteiger partial charge in [-0.3, -0.25) is 0 Å². The highest BCUT2D eigenvalue weighted by molar-refractivity contribution is 5.67. The van der Waals surface area contributed by atoms with Crippen molar-refractivity contribution in [2.45, 2.75) is 51.9 Å². The summed E-state index contributed by atoms with van der Waals surface area (Å²) in [5, 5.41) is 2.63. The van der Waals surface area contributed by atoms with Gasteiger partial charge >= 0.3 is 6.09 Å². The Morgan fingerprint density at radius 2 is 1.00 bits per heavy atom. The fourth-order valence-electron chi connectivity index (χ4n) is 3.26. The molecule has 244 valence electrons. The van der Waals surface area contributed by atoms with Crippen molar-refractivity contribution >= 4 is 6.09 Å². The van der Waals surface area contributed by atoms with Gasteiger partial charge in [-0.05, 0) is 40.0 Å². The van der Waals surface area contributed by atoms with Gasteiger partial charge in [0.15, 0.2) is 6.29 Å². The van der Waals surface area contributed by atoms with Crippen molar-refractivity contribution in [3.63, 3.8) is 0 Å². The minimum atomic E-state index is -0.507. The van der Waals surface area contributed by atoms with Crippen LogP contribution in [0.4, 0.5) is 4.79 Å². The topological polar surface area (TPSA) is 131 Å². The number of carbonyl (C=O) groups excluding carboxylic acids is 1. The summed E-state index contributed by atoms with van der Waals surface area (Å²) in [5.41, 5.74) is -0.507. The molecule has 1 rings (SSSR count). The normalized spacial score (nSPS) is 15.7. The second kappa shape index (κ2) is 27.7. The summed E-state index contributed by atoms with van der Waals surface area (Å²) in [7, 11) is 0. The maximum absolute atomic E-state index is 11.5. The lowest BCUT2D eigenvalue weighted by molar-refractivity contribution is -0.169. The van der Waals surface area contributed by atoms with Gasteiger partial charge in [0.25, 0.3) is 0 Å². The average Bonchev–Trinajstić information content (AvgIpc) is 2.94. The highest BCUT2D eigenvalue weighted by atomic mass is 16.7. The Morgan fingerprint density at radius 3 is 1.37 bits per heavy atom. The summed E-state index contributed by atoms with van der Waals surface area (Å²) in [6.45, 7) is 15.1. The van der Waals surface area contributed by atoms with Crippen molar-refractivity contribution in [1.82, 2.24) is 5.32 Å². The van der Waals surface area contributed by atoms with Gasteiger partial charge in [-0.15, -0.1) is 0 Å². The van der Waals surface area contributed by atoms with Crippen LogP contribution in [0, 0.1) is 0 Å². The number of hydrogen-bond acceptors (Lipinski definition) is 12. The molecular formula is C28H55NO12. The molecule has 13 heteroatoms. The number of amides is 1. The van der Waals surface area contributed by atoms with E-state index in [0.29, 0.717) is 119 Å². The number of nitrogens with one attached hydrogen (secondary N) is 1. The summed E-state index contributed by atoms with van der Waals surface area (Å²) in [4.78, 5) is 11.5. The van der Waals surface area contributed by atoms with Gasteiger partial charge in [0, 0.05) is 13.2 Å². The van der Waals surface area contributed by atoms with Crippen LogP contribution in [0.5, 0.6) is 0 Å². The van der Waals surface area contributed by atoms with E-state index < -0.39 is 11.7 Å². The SMILES string of the molecule is CC(C)(C)OC(=O)NCCOCCOCCOCCOCCOCCOCCOCCOCCOC1CCCCO1. The van der Waals surface area contributed by atoms with Gasteiger partial charge in [0.1, 0.15) is 5.60 Å². The number of ether oxygens (including phenoxy) is 11. The lowest BCUT2D eigenvalue weighted by atomic mass is 10.2. The molecule has 1 N–H and O–H groups in total. The third-order valence-electron chi connectivity index (χ3n) is 5.19. The highest BCUT2D eigenvalue weighted by Gasteiger charge is 2.15. The molecular weight excluding hydrogens is 542 g/mol. The van der Waals surface area contributed by atoms with E-state index in [9.17, 15) is 4.79 Å². The van der Waals surface area contributed by atoms with Crippen molar-refractivity contribution in [1.29, 1.82) is 0 Å². The van der Waals surface area contributed by atoms with Crippen LogP contribution in [0.25, 0.3) is 0 Å². The monoisotopic (exact) mass is 597 g/mol. The molecule has 1 unspecified atom stereocenters. The second-order valence-electron chi connectivity index (χ2n) is 9.99. The summed E-state index contributed by atoms with van der Waals surface area (Å²) in [5.74, 6) is 0. The van der Waals surface area contributed by atoms with Crippen LogP contribution in [0.15, 0.2) is 0 Å². The third-order valence-corrected chi connectivity index (χ3v) is 5.19. The molecule has 0 aliphatic carbocycles. The maximum Gasteiger partial charge on any atom is 0.407 e. The van der Waals surface area contributed by atoms with E-state index in [-0.39, 0.29) is 6.29 Å². The summed E-state index contributed by atoms with van der Waals surface area (Å²) in [6, 6.07) is 0. The Morgan fingerprint density at radius 1 is 0.610 bits per heavy atom. The predicted molar refractivity (Wildman–Crippen MR) is 150 cm³/mol. The van der Waals surface area contributed by atoms with Gasteiger partial charge < -0.3 is 57.4 Å². The number of carbonyl (C=O) groups is 1. The number of rotatable bonds is 28. The Kier molecular flexibility index (Phi) is 25.6. The van der Waals surface area contributed by atoms with E-state index in [0.717, 1.165) is 25.9 Å². The van der Waals surface area contributed by atoms with Gasteiger partial charge in [0.2, 0.25) is 0 Å². The fraction of sp³-hybridized carbons (Fsp3) is 0.964. The van der Waals surface area contributed by atoms with E-state index in [1.807, 2.05) is 20.8 Å². The smallest absolute Gasteiger partial charge is 0.407 e. The zero-order valence-electron chi connectivity index (χ0n) is 25.5. The van der Waals surface area contributed by atoms with Crippen LogP contribution in [-0.4, -0.2) is 143 Å². The van der Waals surface area contributed by atoms with Crippen molar-refractivity contribution in [3.05, 3.63) is 0 Å². The predicted octanol–water partition coefficient (Wildman–Crippen LogP) is 2.19. The highest BCUT2D eigenvalue weighted by Crippen LogP contribution is 2.13. The van der Waals surface area contributed by atoms with Crippen molar-refractivity contribution in [3.8, 4) is 0 Å². The van der Waals surface area contributed by atoms with Crippen molar-refractivity contribution < 1.29 is 56.9 Å². The van der Waals surface area contributed by atoms with Crippen LogP contribution in [0.1, 0.15) is 40.0 Å². The molecule has 0 aromatic carbocycles. The molecule has 41 heavy (non-hydrogen) atoms. The molecule has 13 nitrogen and oxygen atoms in total. The standard InChI is InChI=1S/C28H55NO12/c1-28(2,3)41-27(30)29-7-9-31-10-11-32-12-13-33-14-15-34-16-17-35-18-19-36-20-21-37-22-23-38-24-25-40-26-6-4-5-8-39-26/h26H,4-25H2,1-3H3,(H,29,30). The largest absolute Gasteiger partial charge is 0.444 e. The molecule has 1 atom stereocenters. The van der Waals surface area contributed by atoms with Gasteiger partial charge in [-0.1, -0.05) is 0 Å². The van der Waals surface area contributed by atoms with Gasteiger partial charge in [-0.25, -0.2) is 4.79 Å². The van der Waals surface area contributed by atoms with Gasteiger partial charge in [0.05, 0.1) is 112 Å². The number of hydrogen-bond donors (Lipinski definition) is 1. The Bertz CT molecular complexity index is 573. The van der Waals surface area contributed by atoms with E-state index >= 15 is 0 Å². The molecule has 1 amide bonds. The Hall–Kier alpha value is -1.13. The quantitative estimate of drug-likeness (QED) is 0.133. The summed E-state index contributed by atoms with van der Waals surface area (Å²) >= 11 is 0. The van der Waals surface area contributed by atoms with Gasteiger partial charge in [-0.2, -0.15) is 0 Å². The zero-order valence-corrected chi connectivity index (χ0v) is 25.5. The second-order valence-corrected chi connectivity index (χ2v) is 9.99. The first-order valence-electron chi connectivity index (χ1n) is 14.8. The van der Waals surface area contributed by atoms with E-state index in [2.05, 4.69) is 5.32 Å². The molecule has 1 aliphatic heterocycles. The molecule has 0 saturated carbocycles. The minimum absolute atomic E-state index is 0.0674. The van der Waals surface area contributed by atoms with Crippen LogP contribution < -0.4 is 5.32 Å². The molecule has 1 saturated heterocycles. The first kappa shape index (κ1) is 37.9. The molecule has 0 aromatic heterocycles. The minimum Gasteiger partial charge on any atom is -0.444 e. The summed E-state index contributed by atoms with van der Waals surface area (Å²) in [6.07, 6.45) is 2.74. The Balaban J connectivity index is 1.64. The first-order valence-corrected chi connectivity index (χ1v) is 14.8. The number of alkyl carbamates (subject to hydrolysis) is 1. The van der Waals surface area contributed by atoms with Crippen LogP contribution >= 0.6 is 0 Å². The molecule has 0 radical (unpaired) electrons. The molecule has 0 spiro atoms. The van der Waals surface area contributed by atoms with Crippen molar-refractivity contribution in [2.24, 2.45) is 0 Å². The van der Waals surface area contributed by atoms with E-state index in [1.54, 1.807) is 0 Å². The fourth-order valence-corrected chi connectivity index (χ4v) is 3.26. The lowest BCUT2D eigenvalue weighted by Crippen LogP contribution is -2.34. The summed E-state index contributed by atoms with van der Waals surface area (Å²) < 4.78 is 59.8. The van der Waals surface area contributed by atoms with Crippen molar-refractivity contribution in [2.75, 3.05) is 125 Å². The molecule has 0 aromatic rings. The first-order chi connectivity index (χ1) is 20.0. The molecule has 0 bridgehead atoms.